The summed E-state index contributed by atoms with van der Waals surface area (Å²) >= 11 is 1.23. The number of hydrogen-bond acceptors (Lipinski definition) is 5. The van der Waals surface area contributed by atoms with Crippen LogP contribution in [-0.4, -0.2) is 32.6 Å². The summed E-state index contributed by atoms with van der Waals surface area (Å²) in [5.41, 5.74) is 1.40. The lowest BCUT2D eigenvalue weighted by atomic mass is 10.2. The van der Waals surface area contributed by atoms with Crippen LogP contribution in [0.3, 0.4) is 0 Å². The van der Waals surface area contributed by atoms with E-state index in [9.17, 15) is 9.18 Å². The number of carbonyl (C=O) groups is 1. The van der Waals surface area contributed by atoms with Gasteiger partial charge in [0.1, 0.15) is 5.82 Å². The average Bonchev–Trinajstić information content (AvgIpc) is 3.03. The fourth-order valence-corrected chi connectivity index (χ4v) is 3.29. The van der Waals surface area contributed by atoms with Gasteiger partial charge < -0.3 is 4.74 Å². The standard InChI is InChI=1S/C20H20FN3O2S/c1-14(2)26-18(25)13-27-20-23-22-19(16-10-6-7-11-17(16)21)24(20)12-15-8-4-3-5-9-15/h3-11,14H,12-13H2,1-2H3. The number of aromatic nitrogens is 3. The number of rotatable bonds is 7. The number of hydrogen-bond donors (Lipinski definition) is 0. The van der Waals surface area contributed by atoms with E-state index in [-0.39, 0.29) is 23.6 Å². The van der Waals surface area contributed by atoms with Crippen LogP contribution in [0.4, 0.5) is 4.39 Å². The molecule has 140 valence electrons. The summed E-state index contributed by atoms with van der Waals surface area (Å²) in [6.45, 7) is 4.08. The molecule has 7 heteroatoms. The second-order valence-electron chi connectivity index (χ2n) is 6.19. The predicted octanol–water partition coefficient (Wildman–Crippen LogP) is 4.18. The molecule has 0 aliphatic rings. The highest BCUT2D eigenvalue weighted by Gasteiger charge is 2.18. The van der Waals surface area contributed by atoms with Gasteiger partial charge in [-0.15, -0.1) is 10.2 Å². The van der Waals surface area contributed by atoms with Crippen molar-refractivity contribution >= 4 is 17.7 Å². The Balaban J connectivity index is 1.91. The van der Waals surface area contributed by atoms with E-state index in [1.807, 2.05) is 34.9 Å². The number of halogens is 1. The van der Waals surface area contributed by atoms with E-state index in [0.717, 1.165) is 5.56 Å². The van der Waals surface area contributed by atoms with Crippen LogP contribution in [0, 0.1) is 5.82 Å². The molecule has 0 saturated heterocycles. The van der Waals surface area contributed by atoms with Crippen LogP contribution >= 0.6 is 11.8 Å². The summed E-state index contributed by atoms with van der Waals surface area (Å²) in [5.74, 6) is -0.147. The molecule has 27 heavy (non-hydrogen) atoms. The zero-order valence-electron chi connectivity index (χ0n) is 15.1. The van der Waals surface area contributed by atoms with E-state index >= 15 is 0 Å². The molecular formula is C20H20FN3O2S. The second kappa shape index (κ2) is 8.81. The van der Waals surface area contributed by atoms with Crippen molar-refractivity contribution in [2.75, 3.05) is 5.75 Å². The molecule has 1 heterocycles. The molecule has 0 atom stereocenters. The van der Waals surface area contributed by atoms with Crippen molar-refractivity contribution in [2.24, 2.45) is 0 Å². The van der Waals surface area contributed by atoms with Gasteiger partial charge in [-0.05, 0) is 31.5 Å². The van der Waals surface area contributed by atoms with Crippen LogP contribution in [-0.2, 0) is 16.1 Å². The lowest BCUT2D eigenvalue weighted by Gasteiger charge is -2.11. The van der Waals surface area contributed by atoms with E-state index < -0.39 is 0 Å². The summed E-state index contributed by atoms with van der Waals surface area (Å²) in [6, 6.07) is 16.2. The first kappa shape index (κ1) is 19.1. The van der Waals surface area contributed by atoms with Crippen molar-refractivity contribution in [1.29, 1.82) is 0 Å². The van der Waals surface area contributed by atoms with Crippen LogP contribution in [0.2, 0.25) is 0 Å². The van der Waals surface area contributed by atoms with Crippen LogP contribution in [0.15, 0.2) is 59.8 Å². The summed E-state index contributed by atoms with van der Waals surface area (Å²) in [5, 5.41) is 8.90. The maximum absolute atomic E-state index is 14.3. The minimum absolute atomic E-state index is 0.113. The Labute approximate surface area is 161 Å². The Morgan fingerprint density at radius 1 is 1.11 bits per heavy atom. The van der Waals surface area contributed by atoms with Crippen LogP contribution in [0.5, 0.6) is 0 Å². The fraction of sp³-hybridized carbons (Fsp3) is 0.250. The van der Waals surface area contributed by atoms with Gasteiger partial charge in [0.05, 0.1) is 24.0 Å². The normalized spacial score (nSPS) is 11.0. The molecule has 0 aliphatic carbocycles. The van der Waals surface area contributed by atoms with Gasteiger partial charge in [-0.2, -0.15) is 0 Å². The van der Waals surface area contributed by atoms with Gasteiger partial charge in [-0.3, -0.25) is 9.36 Å². The van der Waals surface area contributed by atoms with Gasteiger partial charge in [-0.25, -0.2) is 4.39 Å². The molecular weight excluding hydrogens is 365 g/mol. The fourth-order valence-electron chi connectivity index (χ4n) is 2.57. The van der Waals surface area contributed by atoms with Crippen molar-refractivity contribution in [2.45, 2.75) is 31.7 Å². The van der Waals surface area contributed by atoms with E-state index in [1.54, 1.807) is 32.0 Å². The first-order valence-corrected chi connectivity index (χ1v) is 9.57. The maximum atomic E-state index is 14.3. The highest BCUT2D eigenvalue weighted by atomic mass is 32.2. The Kier molecular flexibility index (Phi) is 6.24. The van der Waals surface area contributed by atoms with Crippen molar-refractivity contribution in [1.82, 2.24) is 14.8 Å². The first-order valence-electron chi connectivity index (χ1n) is 8.59. The number of benzene rings is 2. The van der Waals surface area contributed by atoms with Gasteiger partial charge in [-0.1, -0.05) is 54.2 Å². The Morgan fingerprint density at radius 3 is 2.52 bits per heavy atom. The van der Waals surface area contributed by atoms with Gasteiger partial charge in [0.2, 0.25) is 0 Å². The van der Waals surface area contributed by atoms with Crippen molar-refractivity contribution < 1.29 is 13.9 Å². The molecule has 0 radical (unpaired) electrons. The lowest BCUT2D eigenvalue weighted by molar-refractivity contribution is -0.144. The molecule has 0 spiro atoms. The minimum atomic E-state index is -0.366. The minimum Gasteiger partial charge on any atom is -0.462 e. The quantitative estimate of drug-likeness (QED) is 0.451. The van der Waals surface area contributed by atoms with Crippen LogP contribution in [0.1, 0.15) is 19.4 Å². The zero-order valence-corrected chi connectivity index (χ0v) is 15.9. The van der Waals surface area contributed by atoms with E-state index in [4.69, 9.17) is 4.74 Å². The molecule has 3 rings (SSSR count). The molecule has 0 saturated carbocycles. The number of esters is 1. The van der Waals surface area contributed by atoms with E-state index in [2.05, 4.69) is 10.2 Å². The van der Waals surface area contributed by atoms with Gasteiger partial charge in [0.15, 0.2) is 11.0 Å². The number of ether oxygens (including phenoxy) is 1. The maximum Gasteiger partial charge on any atom is 0.316 e. The molecule has 5 nitrogen and oxygen atoms in total. The second-order valence-corrected chi connectivity index (χ2v) is 7.13. The highest BCUT2D eigenvalue weighted by molar-refractivity contribution is 7.99. The van der Waals surface area contributed by atoms with Crippen LogP contribution < -0.4 is 0 Å². The molecule has 0 unspecified atom stereocenters. The van der Waals surface area contributed by atoms with Gasteiger partial charge in [0, 0.05) is 0 Å². The predicted molar refractivity (Wildman–Crippen MR) is 103 cm³/mol. The SMILES string of the molecule is CC(C)OC(=O)CSc1nnc(-c2ccccc2F)n1Cc1ccccc1. The Morgan fingerprint density at radius 2 is 1.81 bits per heavy atom. The molecule has 0 aliphatic heterocycles. The summed E-state index contributed by atoms with van der Waals surface area (Å²) in [4.78, 5) is 11.9. The molecule has 0 amide bonds. The molecule has 3 aromatic rings. The highest BCUT2D eigenvalue weighted by Crippen LogP contribution is 2.27. The third-order valence-corrected chi connectivity index (χ3v) is 4.64. The third-order valence-electron chi connectivity index (χ3n) is 3.70. The monoisotopic (exact) mass is 385 g/mol. The molecule has 0 bridgehead atoms. The smallest absolute Gasteiger partial charge is 0.316 e. The lowest BCUT2D eigenvalue weighted by Crippen LogP contribution is -2.14. The number of nitrogens with zero attached hydrogens (tertiary/aromatic N) is 3. The van der Waals surface area contributed by atoms with Crippen LogP contribution in [0.25, 0.3) is 11.4 Å². The van der Waals surface area contributed by atoms with Crippen molar-refractivity contribution in [3.63, 3.8) is 0 Å². The third kappa shape index (κ3) is 4.95. The summed E-state index contributed by atoms with van der Waals surface area (Å²) in [6.07, 6.45) is -0.172. The van der Waals surface area contributed by atoms with Gasteiger partial charge >= 0.3 is 5.97 Å². The van der Waals surface area contributed by atoms with Crippen molar-refractivity contribution in [3.05, 3.63) is 66.0 Å². The average molecular weight is 385 g/mol. The Hall–Kier alpha value is -2.67. The zero-order chi connectivity index (χ0) is 19.2. The largest absolute Gasteiger partial charge is 0.462 e. The summed E-state index contributed by atoms with van der Waals surface area (Å²) in [7, 11) is 0. The Bertz CT molecular complexity index is 913. The van der Waals surface area contributed by atoms with E-state index in [1.165, 1.54) is 17.8 Å². The molecule has 2 aromatic carbocycles. The molecule has 0 N–H and O–H groups in total. The van der Waals surface area contributed by atoms with Crippen molar-refractivity contribution in [3.8, 4) is 11.4 Å². The summed E-state index contributed by atoms with van der Waals surface area (Å²) < 4.78 is 21.3. The number of carbonyl (C=O) groups excluding carboxylic acids is 1. The molecule has 1 aromatic heterocycles. The first-order chi connectivity index (χ1) is 13.0. The van der Waals surface area contributed by atoms with E-state index in [0.29, 0.717) is 23.1 Å². The van der Waals surface area contributed by atoms with Gasteiger partial charge in [0.25, 0.3) is 0 Å². The number of thioether (sulfide) groups is 1. The topological polar surface area (TPSA) is 57.0 Å². The molecule has 0 fully saturated rings.